The zero-order valence-corrected chi connectivity index (χ0v) is 13.1. The Kier molecular flexibility index (Phi) is 5.40. The summed E-state index contributed by atoms with van der Waals surface area (Å²) in [5.41, 5.74) is 0.333. The lowest BCUT2D eigenvalue weighted by atomic mass is 10.1. The van der Waals surface area contributed by atoms with E-state index in [1.54, 1.807) is 6.07 Å². The second-order valence-corrected chi connectivity index (χ2v) is 5.59. The molecule has 1 heterocycles. The first-order valence-corrected chi connectivity index (χ1v) is 7.40. The first-order chi connectivity index (χ1) is 11.0. The Balaban J connectivity index is 2.13. The summed E-state index contributed by atoms with van der Waals surface area (Å²) in [5, 5.41) is 17.9. The van der Waals surface area contributed by atoms with Crippen molar-refractivity contribution in [2.45, 2.75) is 26.7 Å². The summed E-state index contributed by atoms with van der Waals surface area (Å²) in [7, 11) is 0. The number of carbonyl (C=O) groups is 1. The van der Waals surface area contributed by atoms with Crippen molar-refractivity contribution in [3.8, 4) is 5.69 Å². The van der Waals surface area contributed by atoms with E-state index in [4.69, 9.17) is 0 Å². The molecule has 0 aliphatic carbocycles. The third-order valence-electron chi connectivity index (χ3n) is 3.34. The first-order valence-electron chi connectivity index (χ1n) is 7.40. The van der Waals surface area contributed by atoms with E-state index in [-0.39, 0.29) is 22.8 Å². The van der Waals surface area contributed by atoms with Gasteiger partial charge in [0.15, 0.2) is 0 Å². The van der Waals surface area contributed by atoms with E-state index in [0.717, 1.165) is 12.8 Å². The van der Waals surface area contributed by atoms with Gasteiger partial charge < -0.3 is 5.32 Å². The van der Waals surface area contributed by atoms with E-state index in [9.17, 15) is 14.9 Å². The van der Waals surface area contributed by atoms with Gasteiger partial charge in [-0.2, -0.15) is 5.10 Å². The van der Waals surface area contributed by atoms with E-state index in [0.29, 0.717) is 12.5 Å². The average molecular weight is 317 g/mol. The zero-order valence-electron chi connectivity index (χ0n) is 13.1. The smallest absolute Gasteiger partial charge is 0.295 e. The minimum Gasteiger partial charge on any atom is -0.352 e. The number of benzene rings is 1. The van der Waals surface area contributed by atoms with Crippen LogP contribution in [0, 0.1) is 16.0 Å². The SMILES string of the molecule is CC(C)CCCNC(=O)c1ccc(-n2cncn2)c([N+](=O)[O-])c1. The van der Waals surface area contributed by atoms with Crippen molar-refractivity contribution >= 4 is 11.6 Å². The number of carbonyl (C=O) groups excluding carboxylic acids is 1. The van der Waals surface area contributed by atoms with Gasteiger partial charge in [0.2, 0.25) is 0 Å². The average Bonchev–Trinajstić information content (AvgIpc) is 3.04. The highest BCUT2D eigenvalue weighted by Crippen LogP contribution is 2.23. The van der Waals surface area contributed by atoms with Crippen LogP contribution in [-0.2, 0) is 0 Å². The molecular weight excluding hydrogens is 298 g/mol. The lowest BCUT2D eigenvalue weighted by Gasteiger charge is -2.08. The van der Waals surface area contributed by atoms with Crippen LogP contribution in [0.15, 0.2) is 30.9 Å². The van der Waals surface area contributed by atoms with Crippen molar-refractivity contribution in [3.63, 3.8) is 0 Å². The fourth-order valence-corrected chi connectivity index (χ4v) is 2.15. The Bertz CT molecular complexity index is 682. The zero-order chi connectivity index (χ0) is 16.8. The van der Waals surface area contributed by atoms with Gasteiger partial charge in [0, 0.05) is 18.2 Å². The molecule has 1 aromatic carbocycles. The maximum Gasteiger partial charge on any atom is 0.295 e. The van der Waals surface area contributed by atoms with Crippen molar-refractivity contribution in [2.75, 3.05) is 6.54 Å². The van der Waals surface area contributed by atoms with Gasteiger partial charge in [-0.15, -0.1) is 0 Å². The minimum absolute atomic E-state index is 0.190. The maximum atomic E-state index is 12.1. The van der Waals surface area contributed by atoms with Crippen molar-refractivity contribution in [1.29, 1.82) is 0 Å². The molecule has 2 aromatic rings. The third kappa shape index (κ3) is 4.35. The standard InChI is InChI=1S/C15H19N5O3/c1-11(2)4-3-7-17-15(21)12-5-6-13(14(8-12)20(22)23)19-10-16-9-18-19/h5-6,8-11H,3-4,7H2,1-2H3,(H,17,21). The van der Waals surface area contributed by atoms with Crippen LogP contribution in [0.2, 0.25) is 0 Å². The summed E-state index contributed by atoms with van der Waals surface area (Å²) in [5.74, 6) is 0.261. The Morgan fingerprint density at radius 1 is 1.43 bits per heavy atom. The number of nitro benzene ring substituents is 1. The highest BCUT2D eigenvalue weighted by molar-refractivity contribution is 5.95. The summed E-state index contributed by atoms with van der Waals surface area (Å²) < 4.78 is 1.29. The molecule has 0 spiro atoms. The van der Waals surface area contributed by atoms with Crippen LogP contribution in [0.1, 0.15) is 37.0 Å². The Morgan fingerprint density at radius 3 is 2.83 bits per heavy atom. The molecule has 0 aliphatic rings. The molecule has 8 heteroatoms. The number of amides is 1. The highest BCUT2D eigenvalue weighted by atomic mass is 16.6. The molecular formula is C15H19N5O3. The first kappa shape index (κ1) is 16.6. The molecule has 23 heavy (non-hydrogen) atoms. The number of hydrogen-bond donors (Lipinski definition) is 1. The van der Waals surface area contributed by atoms with Crippen LogP contribution < -0.4 is 5.32 Å². The highest BCUT2D eigenvalue weighted by Gasteiger charge is 2.19. The number of nitrogens with zero attached hydrogens (tertiary/aromatic N) is 4. The fourth-order valence-electron chi connectivity index (χ4n) is 2.15. The maximum absolute atomic E-state index is 12.1. The van der Waals surface area contributed by atoms with E-state index in [1.807, 2.05) is 0 Å². The minimum atomic E-state index is -0.535. The molecule has 0 fully saturated rings. The molecule has 0 saturated carbocycles. The summed E-state index contributed by atoms with van der Waals surface area (Å²) in [4.78, 5) is 26.6. The third-order valence-corrected chi connectivity index (χ3v) is 3.34. The number of hydrogen-bond acceptors (Lipinski definition) is 5. The molecule has 0 radical (unpaired) electrons. The predicted octanol–water partition coefficient (Wildman–Crippen LogP) is 2.34. The van der Waals surface area contributed by atoms with Crippen molar-refractivity contribution in [3.05, 3.63) is 46.5 Å². The molecule has 122 valence electrons. The van der Waals surface area contributed by atoms with Crippen molar-refractivity contribution < 1.29 is 9.72 Å². The lowest BCUT2D eigenvalue weighted by Crippen LogP contribution is -2.24. The van der Waals surface area contributed by atoms with Gasteiger partial charge in [0.05, 0.1) is 4.92 Å². The quantitative estimate of drug-likeness (QED) is 0.479. The van der Waals surface area contributed by atoms with Gasteiger partial charge in [0.25, 0.3) is 11.6 Å². The summed E-state index contributed by atoms with van der Waals surface area (Å²) >= 11 is 0. The summed E-state index contributed by atoms with van der Waals surface area (Å²) in [6.45, 7) is 4.79. The monoisotopic (exact) mass is 317 g/mol. The second-order valence-electron chi connectivity index (χ2n) is 5.59. The summed E-state index contributed by atoms with van der Waals surface area (Å²) in [6.07, 6.45) is 4.56. The van der Waals surface area contributed by atoms with E-state index < -0.39 is 4.92 Å². The van der Waals surface area contributed by atoms with Crippen LogP contribution in [0.3, 0.4) is 0 Å². The van der Waals surface area contributed by atoms with E-state index in [1.165, 1.54) is 29.5 Å². The molecule has 0 bridgehead atoms. The molecule has 1 amide bonds. The number of rotatable bonds is 7. The molecule has 0 saturated heterocycles. The van der Waals surface area contributed by atoms with Crippen LogP contribution in [0.5, 0.6) is 0 Å². The van der Waals surface area contributed by atoms with E-state index >= 15 is 0 Å². The van der Waals surface area contributed by atoms with Crippen LogP contribution in [0.4, 0.5) is 5.69 Å². The van der Waals surface area contributed by atoms with Crippen LogP contribution in [-0.4, -0.2) is 32.1 Å². The molecule has 0 aliphatic heterocycles. The number of nitrogens with one attached hydrogen (secondary N) is 1. The second kappa shape index (κ2) is 7.48. The predicted molar refractivity (Wildman–Crippen MR) is 84.4 cm³/mol. The fraction of sp³-hybridized carbons (Fsp3) is 0.400. The van der Waals surface area contributed by atoms with Crippen molar-refractivity contribution in [2.24, 2.45) is 5.92 Å². The largest absolute Gasteiger partial charge is 0.352 e. The molecule has 0 atom stereocenters. The lowest BCUT2D eigenvalue weighted by molar-refractivity contribution is -0.384. The van der Waals surface area contributed by atoms with E-state index in [2.05, 4.69) is 29.2 Å². The Morgan fingerprint density at radius 2 is 2.22 bits per heavy atom. The molecule has 8 nitrogen and oxygen atoms in total. The van der Waals surface area contributed by atoms with Gasteiger partial charge in [-0.05, 0) is 30.9 Å². The van der Waals surface area contributed by atoms with Crippen LogP contribution >= 0.6 is 0 Å². The molecule has 2 rings (SSSR count). The van der Waals surface area contributed by atoms with Crippen LogP contribution in [0.25, 0.3) is 5.69 Å². The number of nitro groups is 1. The van der Waals surface area contributed by atoms with Gasteiger partial charge in [-0.3, -0.25) is 14.9 Å². The van der Waals surface area contributed by atoms with Gasteiger partial charge >= 0.3 is 0 Å². The molecule has 1 aromatic heterocycles. The Labute approximate surface area is 133 Å². The summed E-state index contributed by atoms with van der Waals surface area (Å²) in [6, 6.07) is 4.30. The Hall–Kier alpha value is -2.77. The number of aromatic nitrogens is 3. The van der Waals surface area contributed by atoms with Crippen molar-refractivity contribution in [1.82, 2.24) is 20.1 Å². The molecule has 0 unspecified atom stereocenters. The van der Waals surface area contributed by atoms with Gasteiger partial charge in [-0.1, -0.05) is 13.8 Å². The van der Waals surface area contributed by atoms with Gasteiger partial charge in [0.1, 0.15) is 18.3 Å². The van der Waals surface area contributed by atoms with Gasteiger partial charge in [-0.25, -0.2) is 9.67 Å². The normalized spacial score (nSPS) is 10.7. The topological polar surface area (TPSA) is 103 Å². The molecule has 1 N–H and O–H groups in total.